The molecule has 1 atom stereocenters. The van der Waals surface area contributed by atoms with E-state index < -0.39 is 0 Å². The molecule has 0 saturated carbocycles. The van der Waals surface area contributed by atoms with Crippen LogP contribution >= 0.6 is 27.3 Å². The fourth-order valence-electron chi connectivity index (χ4n) is 2.40. The quantitative estimate of drug-likeness (QED) is 0.692. The highest BCUT2D eigenvalue weighted by molar-refractivity contribution is 9.10. The normalized spacial score (nSPS) is 12.3. The minimum atomic E-state index is 0.329. The van der Waals surface area contributed by atoms with Gasteiger partial charge in [0.05, 0.1) is 7.11 Å². The van der Waals surface area contributed by atoms with E-state index in [4.69, 9.17) is 4.74 Å². The van der Waals surface area contributed by atoms with E-state index in [1.54, 1.807) is 7.11 Å². The van der Waals surface area contributed by atoms with Crippen molar-refractivity contribution in [1.29, 1.82) is 0 Å². The van der Waals surface area contributed by atoms with Crippen molar-refractivity contribution in [2.75, 3.05) is 13.7 Å². The van der Waals surface area contributed by atoms with Crippen molar-refractivity contribution in [1.82, 2.24) is 5.32 Å². The maximum atomic E-state index is 5.56. The molecule has 1 unspecified atom stereocenters. The fourth-order valence-corrected chi connectivity index (χ4v) is 3.47. The number of ether oxygens (including phenoxy) is 1. The standard InChI is InChI=1S/C17H22BrNOS/c1-3-10-19-16(9-7-14-5-4-11-21-14)15-8-6-13(18)12-17(15)20-2/h4-6,8,11-12,16,19H,3,7,9-10H2,1-2H3. The summed E-state index contributed by atoms with van der Waals surface area (Å²) in [6.45, 7) is 3.22. The van der Waals surface area contributed by atoms with Gasteiger partial charge in [0.15, 0.2) is 0 Å². The van der Waals surface area contributed by atoms with Gasteiger partial charge in [-0.25, -0.2) is 0 Å². The summed E-state index contributed by atoms with van der Waals surface area (Å²) in [6.07, 6.45) is 3.31. The number of aryl methyl sites for hydroxylation is 1. The van der Waals surface area contributed by atoms with E-state index in [1.807, 2.05) is 17.4 Å². The maximum absolute atomic E-state index is 5.56. The van der Waals surface area contributed by atoms with E-state index >= 15 is 0 Å². The molecule has 21 heavy (non-hydrogen) atoms. The molecule has 1 N–H and O–H groups in total. The largest absolute Gasteiger partial charge is 0.496 e. The molecule has 0 spiro atoms. The molecule has 0 amide bonds. The highest BCUT2D eigenvalue weighted by Gasteiger charge is 2.16. The number of methoxy groups -OCH3 is 1. The first-order chi connectivity index (χ1) is 10.2. The minimum Gasteiger partial charge on any atom is -0.496 e. The first kappa shape index (κ1) is 16.5. The Morgan fingerprint density at radius 2 is 2.19 bits per heavy atom. The van der Waals surface area contributed by atoms with Crippen molar-refractivity contribution < 1.29 is 4.74 Å². The second kappa shape index (κ2) is 8.57. The molecule has 0 aliphatic rings. The molecule has 2 nitrogen and oxygen atoms in total. The van der Waals surface area contributed by atoms with Crippen molar-refractivity contribution in [3.8, 4) is 5.75 Å². The molecule has 0 aliphatic heterocycles. The molecule has 1 aromatic heterocycles. The topological polar surface area (TPSA) is 21.3 Å². The van der Waals surface area contributed by atoms with Gasteiger partial charge in [-0.15, -0.1) is 11.3 Å². The van der Waals surface area contributed by atoms with E-state index in [9.17, 15) is 0 Å². The summed E-state index contributed by atoms with van der Waals surface area (Å²) in [6, 6.07) is 10.9. The van der Waals surface area contributed by atoms with Gasteiger partial charge in [-0.05, 0) is 49.4 Å². The van der Waals surface area contributed by atoms with Gasteiger partial charge in [-0.2, -0.15) is 0 Å². The summed E-state index contributed by atoms with van der Waals surface area (Å²) < 4.78 is 6.61. The smallest absolute Gasteiger partial charge is 0.124 e. The minimum absolute atomic E-state index is 0.329. The molecule has 1 heterocycles. The third-order valence-electron chi connectivity index (χ3n) is 3.47. The monoisotopic (exact) mass is 367 g/mol. The molecular weight excluding hydrogens is 346 g/mol. The van der Waals surface area contributed by atoms with Crippen LogP contribution in [0.4, 0.5) is 0 Å². The Labute approximate surface area is 139 Å². The Kier molecular flexibility index (Phi) is 6.74. The van der Waals surface area contributed by atoms with Crippen LogP contribution in [0.5, 0.6) is 5.75 Å². The van der Waals surface area contributed by atoms with Gasteiger partial charge < -0.3 is 10.1 Å². The second-order valence-electron chi connectivity index (χ2n) is 5.01. The number of thiophene rings is 1. The van der Waals surface area contributed by atoms with E-state index in [2.05, 4.69) is 57.8 Å². The summed E-state index contributed by atoms with van der Waals surface area (Å²) in [7, 11) is 1.74. The van der Waals surface area contributed by atoms with Crippen LogP contribution in [0.15, 0.2) is 40.2 Å². The molecule has 0 fully saturated rings. The molecule has 0 radical (unpaired) electrons. The van der Waals surface area contributed by atoms with Crippen LogP contribution in [0.2, 0.25) is 0 Å². The molecule has 2 rings (SSSR count). The van der Waals surface area contributed by atoms with Crippen molar-refractivity contribution >= 4 is 27.3 Å². The summed E-state index contributed by atoms with van der Waals surface area (Å²) in [5, 5.41) is 5.79. The molecule has 0 saturated heterocycles. The van der Waals surface area contributed by atoms with Gasteiger partial charge in [0.2, 0.25) is 0 Å². The van der Waals surface area contributed by atoms with Crippen LogP contribution in [0.3, 0.4) is 0 Å². The fraction of sp³-hybridized carbons (Fsp3) is 0.412. The lowest BCUT2D eigenvalue weighted by atomic mass is 10.00. The van der Waals surface area contributed by atoms with Gasteiger partial charge in [0.25, 0.3) is 0 Å². The number of rotatable bonds is 8. The molecule has 2 aromatic rings. The zero-order chi connectivity index (χ0) is 15.1. The predicted molar refractivity (Wildman–Crippen MR) is 94.4 cm³/mol. The molecule has 0 aliphatic carbocycles. The Balaban J connectivity index is 2.14. The Bertz CT molecular complexity index is 542. The van der Waals surface area contributed by atoms with E-state index in [0.29, 0.717) is 6.04 Å². The van der Waals surface area contributed by atoms with Gasteiger partial charge in [0.1, 0.15) is 5.75 Å². The highest BCUT2D eigenvalue weighted by Crippen LogP contribution is 2.31. The molecule has 4 heteroatoms. The average molecular weight is 368 g/mol. The van der Waals surface area contributed by atoms with Crippen LogP contribution in [0.1, 0.15) is 36.2 Å². The average Bonchev–Trinajstić information content (AvgIpc) is 3.01. The lowest BCUT2D eigenvalue weighted by Gasteiger charge is -2.21. The summed E-state index contributed by atoms with van der Waals surface area (Å²) in [5.74, 6) is 0.948. The Morgan fingerprint density at radius 1 is 1.33 bits per heavy atom. The first-order valence-corrected chi connectivity index (χ1v) is 9.01. The summed E-state index contributed by atoms with van der Waals surface area (Å²) in [5.41, 5.74) is 1.24. The lowest BCUT2D eigenvalue weighted by molar-refractivity contribution is 0.394. The van der Waals surface area contributed by atoms with Crippen LogP contribution in [0, 0.1) is 0 Å². The molecule has 114 valence electrons. The Morgan fingerprint density at radius 3 is 2.86 bits per heavy atom. The van der Waals surface area contributed by atoms with Crippen LogP contribution in [-0.2, 0) is 6.42 Å². The number of nitrogens with one attached hydrogen (secondary N) is 1. The Hall–Kier alpha value is -0.840. The zero-order valence-electron chi connectivity index (χ0n) is 12.6. The van der Waals surface area contributed by atoms with Crippen molar-refractivity contribution in [3.05, 3.63) is 50.6 Å². The molecule has 1 aromatic carbocycles. The van der Waals surface area contributed by atoms with Crippen molar-refractivity contribution in [2.45, 2.75) is 32.2 Å². The summed E-state index contributed by atoms with van der Waals surface area (Å²) in [4.78, 5) is 1.44. The first-order valence-electron chi connectivity index (χ1n) is 7.33. The number of halogens is 1. The second-order valence-corrected chi connectivity index (χ2v) is 6.96. The van der Waals surface area contributed by atoms with Crippen molar-refractivity contribution in [2.24, 2.45) is 0 Å². The lowest BCUT2D eigenvalue weighted by Crippen LogP contribution is -2.23. The van der Waals surface area contributed by atoms with Gasteiger partial charge in [-0.3, -0.25) is 0 Å². The maximum Gasteiger partial charge on any atom is 0.124 e. The van der Waals surface area contributed by atoms with Gasteiger partial charge >= 0.3 is 0 Å². The number of hydrogen-bond donors (Lipinski definition) is 1. The third kappa shape index (κ3) is 4.83. The number of hydrogen-bond acceptors (Lipinski definition) is 3. The van der Waals surface area contributed by atoms with E-state index in [1.165, 1.54) is 10.4 Å². The van der Waals surface area contributed by atoms with Crippen LogP contribution in [0.25, 0.3) is 0 Å². The third-order valence-corrected chi connectivity index (χ3v) is 4.90. The van der Waals surface area contributed by atoms with Gasteiger partial charge in [-0.1, -0.05) is 35.0 Å². The van der Waals surface area contributed by atoms with E-state index in [0.717, 1.165) is 36.0 Å². The SMILES string of the molecule is CCCNC(CCc1cccs1)c1ccc(Br)cc1OC. The number of benzene rings is 1. The van der Waals surface area contributed by atoms with E-state index in [-0.39, 0.29) is 0 Å². The predicted octanol–water partition coefficient (Wildman–Crippen LogP) is 5.19. The molecular formula is C17H22BrNOS. The van der Waals surface area contributed by atoms with Crippen LogP contribution in [-0.4, -0.2) is 13.7 Å². The van der Waals surface area contributed by atoms with Crippen molar-refractivity contribution in [3.63, 3.8) is 0 Å². The molecule has 0 bridgehead atoms. The zero-order valence-corrected chi connectivity index (χ0v) is 15.0. The highest BCUT2D eigenvalue weighted by atomic mass is 79.9. The van der Waals surface area contributed by atoms with Gasteiger partial charge in [0, 0.05) is 21.0 Å². The van der Waals surface area contributed by atoms with Crippen LogP contribution < -0.4 is 10.1 Å². The summed E-state index contributed by atoms with van der Waals surface area (Å²) >= 11 is 5.34.